The number of alkyl halides is 1. The number of halogens is 2. The van der Waals surface area contributed by atoms with Gasteiger partial charge in [-0.25, -0.2) is 14.4 Å². The van der Waals surface area contributed by atoms with Crippen LogP contribution in [0.3, 0.4) is 0 Å². The van der Waals surface area contributed by atoms with E-state index in [0.717, 1.165) is 31.3 Å². The maximum atomic E-state index is 13.8. The first-order chi connectivity index (χ1) is 7.70. The van der Waals surface area contributed by atoms with E-state index in [4.69, 9.17) is 0 Å². The summed E-state index contributed by atoms with van der Waals surface area (Å²) in [5.74, 6) is 0.111. The Hall–Kier alpha value is -0.710. The average molecular weight is 290 g/mol. The van der Waals surface area contributed by atoms with Gasteiger partial charge in [0, 0.05) is 18.4 Å². The van der Waals surface area contributed by atoms with E-state index >= 15 is 0 Å². The summed E-state index contributed by atoms with van der Waals surface area (Å²) in [6, 6.07) is 0. The zero-order chi connectivity index (χ0) is 12.0. The number of unbranched alkanes of at least 4 members (excludes halogenated alkanes) is 1. The number of hydrogen-bond acceptors (Lipinski definition) is 3. The minimum Gasteiger partial charge on any atom is -0.353 e. The summed E-state index contributed by atoms with van der Waals surface area (Å²) >= 11 is 3.37. The van der Waals surface area contributed by atoms with Crippen molar-refractivity contribution in [2.24, 2.45) is 0 Å². The van der Waals surface area contributed by atoms with Crippen molar-refractivity contribution < 1.29 is 4.39 Å². The van der Waals surface area contributed by atoms with Crippen LogP contribution in [0.4, 0.5) is 10.2 Å². The van der Waals surface area contributed by atoms with Crippen LogP contribution in [-0.2, 0) is 0 Å². The van der Waals surface area contributed by atoms with Crippen LogP contribution in [0, 0.1) is 12.7 Å². The van der Waals surface area contributed by atoms with E-state index in [0.29, 0.717) is 11.5 Å². The second kappa shape index (κ2) is 6.78. The molecule has 3 nitrogen and oxygen atoms in total. The van der Waals surface area contributed by atoms with E-state index in [1.165, 1.54) is 6.33 Å². The molecule has 90 valence electrons. The molecule has 16 heavy (non-hydrogen) atoms. The van der Waals surface area contributed by atoms with E-state index in [2.05, 4.69) is 32.8 Å². The van der Waals surface area contributed by atoms with Gasteiger partial charge in [0.1, 0.15) is 6.33 Å². The van der Waals surface area contributed by atoms with E-state index in [1.807, 2.05) is 4.90 Å². The van der Waals surface area contributed by atoms with Gasteiger partial charge in [0.25, 0.3) is 0 Å². The molecule has 0 bridgehead atoms. The van der Waals surface area contributed by atoms with Gasteiger partial charge in [-0.05, 0) is 13.3 Å². The van der Waals surface area contributed by atoms with Gasteiger partial charge in [-0.2, -0.15) is 0 Å². The van der Waals surface area contributed by atoms with Gasteiger partial charge in [-0.1, -0.05) is 29.3 Å². The first kappa shape index (κ1) is 13.4. The molecule has 0 saturated heterocycles. The van der Waals surface area contributed by atoms with Crippen LogP contribution < -0.4 is 4.90 Å². The second-order valence-corrected chi connectivity index (χ2v) is 4.42. The minimum absolute atomic E-state index is 0.306. The van der Waals surface area contributed by atoms with Crippen molar-refractivity contribution in [2.75, 3.05) is 23.3 Å². The van der Waals surface area contributed by atoms with E-state index in [1.54, 1.807) is 6.92 Å². The Bertz CT molecular complexity index is 333. The summed E-state index contributed by atoms with van der Waals surface area (Å²) in [4.78, 5) is 9.83. The predicted octanol–water partition coefficient (Wildman–Crippen LogP) is 2.93. The average Bonchev–Trinajstić information content (AvgIpc) is 2.28. The highest BCUT2D eigenvalue weighted by atomic mass is 79.9. The van der Waals surface area contributed by atoms with Gasteiger partial charge < -0.3 is 4.90 Å². The van der Waals surface area contributed by atoms with Crippen molar-refractivity contribution in [1.82, 2.24) is 9.97 Å². The Labute approximate surface area is 104 Å². The molecule has 0 aliphatic heterocycles. The summed E-state index contributed by atoms with van der Waals surface area (Å²) in [6.45, 7) is 5.36. The first-order valence-electron chi connectivity index (χ1n) is 5.48. The molecule has 0 N–H and O–H groups in total. The molecule has 0 saturated carbocycles. The molecule has 0 aliphatic carbocycles. The fourth-order valence-corrected chi connectivity index (χ4v) is 1.87. The van der Waals surface area contributed by atoms with Crippen LogP contribution in [0.5, 0.6) is 0 Å². The predicted molar refractivity (Wildman–Crippen MR) is 67.6 cm³/mol. The fourth-order valence-electron chi connectivity index (χ4n) is 1.44. The minimum atomic E-state index is -0.306. The van der Waals surface area contributed by atoms with E-state index < -0.39 is 0 Å². The number of rotatable bonds is 6. The molecule has 0 aromatic carbocycles. The SMILES string of the molecule is CCCCN(CCBr)c1ncnc(C)c1F. The third-order valence-electron chi connectivity index (χ3n) is 2.38. The maximum absolute atomic E-state index is 13.8. The molecule has 0 spiro atoms. The first-order valence-corrected chi connectivity index (χ1v) is 6.60. The Morgan fingerprint density at radius 2 is 2.12 bits per heavy atom. The molecular weight excluding hydrogens is 273 g/mol. The molecule has 0 aliphatic rings. The Morgan fingerprint density at radius 3 is 2.75 bits per heavy atom. The van der Waals surface area contributed by atoms with Crippen molar-refractivity contribution in [1.29, 1.82) is 0 Å². The van der Waals surface area contributed by atoms with Crippen LogP contribution >= 0.6 is 15.9 Å². The molecule has 0 radical (unpaired) electrons. The van der Waals surface area contributed by atoms with Gasteiger partial charge in [0.05, 0.1) is 5.69 Å². The van der Waals surface area contributed by atoms with E-state index in [-0.39, 0.29) is 5.82 Å². The smallest absolute Gasteiger partial charge is 0.186 e. The number of anilines is 1. The summed E-state index contributed by atoms with van der Waals surface area (Å²) in [5, 5.41) is 0.805. The molecule has 5 heteroatoms. The highest BCUT2D eigenvalue weighted by molar-refractivity contribution is 9.09. The monoisotopic (exact) mass is 289 g/mol. The quantitative estimate of drug-likeness (QED) is 0.754. The maximum Gasteiger partial charge on any atom is 0.186 e. The molecule has 0 amide bonds. The van der Waals surface area contributed by atoms with Crippen molar-refractivity contribution in [3.05, 3.63) is 17.8 Å². The number of aromatic nitrogens is 2. The lowest BCUT2D eigenvalue weighted by atomic mass is 10.3. The topological polar surface area (TPSA) is 29.0 Å². The molecular formula is C11H17BrFN3. The Morgan fingerprint density at radius 1 is 1.38 bits per heavy atom. The van der Waals surface area contributed by atoms with Crippen molar-refractivity contribution in [3.63, 3.8) is 0 Å². The van der Waals surface area contributed by atoms with Gasteiger partial charge in [-0.15, -0.1) is 0 Å². The molecule has 1 aromatic rings. The van der Waals surface area contributed by atoms with Gasteiger partial charge >= 0.3 is 0 Å². The van der Waals surface area contributed by atoms with Gasteiger partial charge in [0.2, 0.25) is 0 Å². The van der Waals surface area contributed by atoms with Crippen LogP contribution in [0.1, 0.15) is 25.5 Å². The standard InChI is InChI=1S/C11H17BrFN3/c1-3-4-6-16(7-5-12)11-10(13)9(2)14-8-15-11/h8H,3-7H2,1-2H3. The molecule has 1 heterocycles. The van der Waals surface area contributed by atoms with Gasteiger partial charge in [0.15, 0.2) is 11.6 Å². The summed E-state index contributed by atoms with van der Waals surface area (Å²) in [7, 11) is 0. The largest absolute Gasteiger partial charge is 0.353 e. The molecule has 1 aromatic heterocycles. The lowest BCUT2D eigenvalue weighted by Crippen LogP contribution is -2.28. The van der Waals surface area contributed by atoms with Crippen LogP contribution in [0.2, 0.25) is 0 Å². The van der Waals surface area contributed by atoms with Crippen molar-refractivity contribution in [2.45, 2.75) is 26.7 Å². The summed E-state index contributed by atoms with van der Waals surface area (Å²) in [6.07, 6.45) is 3.54. The van der Waals surface area contributed by atoms with E-state index in [9.17, 15) is 4.39 Å². The van der Waals surface area contributed by atoms with Crippen molar-refractivity contribution in [3.8, 4) is 0 Å². The van der Waals surface area contributed by atoms with Crippen LogP contribution in [0.15, 0.2) is 6.33 Å². The van der Waals surface area contributed by atoms with Crippen LogP contribution in [-0.4, -0.2) is 28.4 Å². The molecule has 1 rings (SSSR count). The summed E-state index contributed by atoms with van der Waals surface area (Å²) in [5.41, 5.74) is 0.404. The van der Waals surface area contributed by atoms with Gasteiger partial charge in [-0.3, -0.25) is 0 Å². The normalized spacial score (nSPS) is 10.5. The number of nitrogens with zero attached hydrogens (tertiary/aromatic N) is 3. The van der Waals surface area contributed by atoms with Crippen molar-refractivity contribution >= 4 is 21.7 Å². The second-order valence-electron chi connectivity index (χ2n) is 3.63. The highest BCUT2D eigenvalue weighted by Gasteiger charge is 2.14. The Balaban J connectivity index is 2.86. The third kappa shape index (κ3) is 3.40. The zero-order valence-corrected chi connectivity index (χ0v) is 11.3. The highest BCUT2D eigenvalue weighted by Crippen LogP contribution is 2.17. The number of hydrogen-bond donors (Lipinski definition) is 0. The number of aryl methyl sites for hydroxylation is 1. The van der Waals surface area contributed by atoms with Crippen LogP contribution in [0.25, 0.3) is 0 Å². The Kier molecular flexibility index (Phi) is 5.66. The lowest BCUT2D eigenvalue weighted by Gasteiger charge is -2.23. The lowest BCUT2D eigenvalue weighted by molar-refractivity contribution is 0.588. The summed E-state index contributed by atoms with van der Waals surface area (Å²) < 4.78 is 13.8. The molecule has 0 atom stereocenters. The zero-order valence-electron chi connectivity index (χ0n) is 9.71. The molecule has 0 unspecified atom stereocenters. The molecule has 0 fully saturated rings. The fraction of sp³-hybridized carbons (Fsp3) is 0.636. The third-order valence-corrected chi connectivity index (χ3v) is 2.74.